The summed E-state index contributed by atoms with van der Waals surface area (Å²) in [7, 11) is 0. The minimum atomic E-state index is -0.0940. The van der Waals surface area contributed by atoms with Crippen molar-refractivity contribution in [2.24, 2.45) is 5.92 Å². The SMILES string of the molecule is CC(C)/C=C/c1ccc(C(=O)Nc2ccc(N3CCOCC3)cc2)cc1. The van der Waals surface area contributed by atoms with Crippen LogP contribution >= 0.6 is 0 Å². The van der Waals surface area contributed by atoms with Crippen molar-refractivity contribution in [2.75, 3.05) is 36.5 Å². The second-order valence-corrected chi connectivity index (χ2v) is 6.83. The topological polar surface area (TPSA) is 41.6 Å². The van der Waals surface area contributed by atoms with Gasteiger partial charge in [0.15, 0.2) is 0 Å². The molecule has 4 nitrogen and oxygen atoms in total. The number of carbonyl (C=O) groups excluding carboxylic acids is 1. The first-order chi connectivity index (χ1) is 12.6. The molecule has 2 aromatic rings. The molecule has 1 fully saturated rings. The summed E-state index contributed by atoms with van der Waals surface area (Å²) in [4.78, 5) is 14.7. The number of anilines is 2. The summed E-state index contributed by atoms with van der Waals surface area (Å²) in [5.41, 5.74) is 3.72. The molecule has 0 unspecified atom stereocenters. The van der Waals surface area contributed by atoms with E-state index in [2.05, 4.69) is 36.2 Å². The maximum atomic E-state index is 12.4. The Morgan fingerprint density at radius 2 is 1.69 bits per heavy atom. The number of allylic oxidation sites excluding steroid dienone is 1. The largest absolute Gasteiger partial charge is 0.378 e. The molecule has 1 N–H and O–H groups in total. The lowest BCUT2D eigenvalue weighted by Crippen LogP contribution is -2.36. The van der Waals surface area contributed by atoms with E-state index < -0.39 is 0 Å². The first-order valence-electron chi connectivity index (χ1n) is 9.14. The molecule has 0 radical (unpaired) electrons. The second-order valence-electron chi connectivity index (χ2n) is 6.83. The van der Waals surface area contributed by atoms with Crippen LogP contribution in [0.3, 0.4) is 0 Å². The molecule has 0 saturated carbocycles. The van der Waals surface area contributed by atoms with E-state index in [4.69, 9.17) is 4.74 Å². The van der Waals surface area contributed by atoms with E-state index in [9.17, 15) is 4.79 Å². The summed E-state index contributed by atoms with van der Waals surface area (Å²) in [5, 5.41) is 2.96. The van der Waals surface area contributed by atoms with Crippen LogP contribution in [0.1, 0.15) is 29.8 Å². The van der Waals surface area contributed by atoms with Crippen molar-refractivity contribution >= 4 is 23.4 Å². The van der Waals surface area contributed by atoms with Gasteiger partial charge in [0, 0.05) is 30.0 Å². The maximum Gasteiger partial charge on any atom is 0.255 e. The van der Waals surface area contributed by atoms with Gasteiger partial charge in [-0.25, -0.2) is 0 Å². The van der Waals surface area contributed by atoms with Crippen LogP contribution < -0.4 is 10.2 Å². The summed E-state index contributed by atoms with van der Waals surface area (Å²) >= 11 is 0. The van der Waals surface area contributed by atoms with Crippen LogP contribution in [0.25, 0.3) is 6.08 Å². The first-order valence-corrected chi connectivity index (χ1v) is 9.14. The fourth-order valence-electron chi connectivity index (χ4n) is 2.83. The van der Waals surface area contributed by atoms with Crippen molar-refractivity contribution in [2.45, 2.75) is 13.8 Å². The number of ether oxygens (including phenoxy) is 1. The molecule has 3 rings (SSSR count). The smallest absolute Gasteiger partial charge is 0.255 e. The van der Waals surface area contributed by atoms with Crippen LogP contribution in [0.15, 0.2) is 54.6 Å². The van der Waals surface area contributed by atoms with E-state index in [0.717, 1.165) is 43.2 Å². The highest BCUT2D eigenvalue weighted by Gasteiger charge is 2.11. The van der Waals surface area contributed by atoms with E-state index in [1.165, 1.54) is 0 Å². The third-order valence-corrected chi connectivity index (χ3v) is 4.35. The number of rotatable bonds is 5. The lowest BCUT2D eigenvalue weighted by atomic mass is 10.1. The van der Waals surface area contributed by atoms with Gasteiger partial charge in [-0.1, -0.05) is 38.1 Å². The maximum absolute atomic E-state index is 12.4. The summed E-state index contributed by atoms with van der Waals surface area (Å²) in [6.45, 7) is 7.62. The molecule has 1 aliphatic heterocycles. The average molecular weight is 350 g/mol. The molecule has 1 amide bonds. The Balaban J connectivity index is 1.60. The van der Waals surface area contributed by atoms with Crippen molar-refractivity contribution in [3.8, 4) is 0 Å². The number of benzene rings is 2. The van der Waals surface area contributed by atoms with Crippen LogP contribution in [0.4, 0.5) is 11.4 Å². The van der Waals surface area contributed by atoms with Crippen LogP contribution in [0.5, 0.6) is 0 Å². The molecule has 1 saturated heterocycles. The number of hydrogen-bond acceptors (Lipinski definition) is 3. The van der Waals surface area contributed by atoms with Crippen molar-refractivity contribution in [1.29, 1.82) is 0 Å². The second kappa shape index (κ2) is 8.68. The van der Waals surface area contributed by atoms with Gasteiger partial charge in [-0.2, -0.15) is 0 Å². The van der Waals surface area contributed by atoms with Gasteiger partial charge >= 0.3 is 0 Å². The van der Waals surface area contributed by atoms with Gasteiger partial charge in [-0.3, -0.25) is 4.79 Å². The lowest BCUT2D eigenvalue weighted by Gasteiger charge is -2.28. The highest BCUT2D eigenvalue weighted by Crippen LogP contribution is 2.19. The van der Waals surface area contributed by atoms with Crippen molar-refractivity contribution in [3.05, 3.63) is 65.7 Å². The van der Waals surface area contributed by atoms with Crippen molar-refractivity contribution in [1.82, 2.24) is 0 Å². The molecule has 136 valence electrons. The molecule has 0 atom stereocenters. The van der Waals surface area contributed by atoms with E-state index in [-0.39, 0.29) is 5.91 Å². The third-order valence-electron chi connectivity index (χ3n) is 4.35. The van der Waals surface area contributed by atoms with Gasteiger partial charge < -0.3 is 15.0 Å². The fourth-order valence-corrected chi connectivity index (χ4v) is 2.83. The third kappa shape index (κ3) is 4.96. The van der Waals surface area contributed by atoms with Crippen LogP contribution in [0, 0.1) is 5.92 Å². The molecular formula is C22H26N2O2. The van der Waals surface area contributed by atoms with Crippen LogP contribution in [-0.2, 0) is 4.74 Å². The number of nitrogens with zero attached hydrogens (tertiary/aromatic N) is 1. The molecule has 0 aliphatic carbocycles. The Morgan fingerprint density at radius 1 is 1.04 bits per heavy atom. The van der Waals surface area contributed by atoms with Gasteiger partial charge in [0.1, 0.15) is 0 Å². The highest BCUT2D eigenvalue weighted by atomic mass is 16.5. The average Bonchev–Trinajstić information content (AvgIpc) is 2.68. The van der Waals surface area contributed by atoms with Crippen molar-refractivity contribution < 1.29 is 9.53 Å². The number of hydrogen-bond donors (Lipinski definition) is 1. The molecule has 0 bridgehead atoms. The molecule has 0 spiro atoms. The molecule has 0 aromatic heterocycles. The van der Waals surface area contributed by atoms with E-state index in [1.54, 1.807) is 0 Å². The monoisotopic (exact) mass is 350 g/mol. The Labute approximate surface area is 155 Å². The Hall–Kier alpha value is -2.59. The van der Waals surface area contributed by atoms with E-state index in [1.807, 2.05) is 48.5 Å². The summed E-state index contributed by atoms with van der Waals surface area (Å²) in [6.07, 6.45) is 4.22. The van der Waals surface area contributed by atoms with Gasteiger partial charge in [-0.15, -0.1) is 0 Å². The minimum Gasteiger partial charge on any atom is -0.378 e. The Kier molecular flexibility index (Phi) is 6.08. The summed E-state index contributed by atoms with van der Waals surface area (Å²) < 4.78 is 5.38. The summed E-state index contributed by atoms with van der Waals surface area (Å²) in [5.74, 6) is 0.418. The molecule has 4 heteroatoms. The molecule has 1 aliphatic rings. The predicted octanol–water partition coefficient (Wildman–Crippen LogP) is 4.44. The van der Waals surface area contributed by atoms with Gasteiger partial charge in [-0.05, 0) is 47.9 Å². The van der Waals surface area contributed by atoms with Gasteiger partial charge in [0.2, 0.25) is 0 Å². The predicted molar refractivity (Wildman–Crippen MR) is 108 cm³/mol. The minimum absolute atomic E-state index is 0.0940. The van der Waals surface area contributed by atoms with E-state index >= 15 is 0 Å². The van der Waals surface area contributed by atoms with Gasteiger partial charge in [0.05, 0.1) is 13.2 Å². The highest BCUT2D eigenvalue weighted by molar-refractivity contribution is 6.04. The van der Waals surface area contributed by atoms with E-state index in [0.29, 0.717) is 11.5 Å². The zero-order chi connectivity index (χ0) is 18.4. The standard InChI is InChI=1S/C22H26N2O2/c1-17(2)3-4-18-5-7-19(8-6-18)22(25)23-20-9-11-21(12-10-20)24-13-15-26-16-14-24/h3-12,17H,13-16H2,1-2H3,(H,23,25)/b4-3+. The van der Waals surface area contributed by atoms with Crippen LogP contribution in [0.2, 0.25) is 0 Å². The Morgan fingerprint density at radius 3 is 2.31 bits per heavy atom. The molecule has 26 heavy (non-hydrogen) atoms. The number of carbonyl (C=O) groups is 1. The lowest BCUT2D eigenvalue weighted by molar-refractivity contribution is 0.102. The zero-order valence-electron chi connectivity index (χ0n) is 15.4. The van der Waals surface area contributed by atoms with Crippen molar-refractivity contribution in [3.63, 3.8) is 0 Å². The number of morpholine rings is 1. The molecule has 2 aromatic carbocycles. The zero-order valence-corrected chi connectivity index (χ0v) is 15.4. The normalized spacial score (nSPS) is 14.8. The number of nitrogens with one attached hydrogen (secondary N) is 1. The quantitative estimate of drug-likeness (QED) is 0.866. The first kappa shape index (κ1) is 18.2. The number of amides is 1. The van der Waals surface area contributed by atoms with Crippen LogP contribution in [-0.4, -0.2) is 32.2 Å². The fraction of sp³-hybridized carbons (Fsp3) is 0.318. The molecule has 1 heterocycles. The Bertz CT molecular complexity index is 743. The summed E-state index contributed by atoms with van der Waals surface area (Å²) in [6, 6.07) is 15.6. The van der Waals surface area contributed by atoms with Gasteiger partial charge in [0.25, 0.3) is 5.91 Å². The molecular weight excluding hydrogens is 324 g/mol.